The van der Waals surface area contributed by atoms with Crippen LogP contribution in [0.1, 0.15) is 51.6 Å². The van der Waals surface area contributed by atoms with Gasteiger partial charge in [-0.3, -0.25) is 0 Å². The Kier molecular flexibility index (Phi) is 7.34. The van der Waals surface area contributed by atoms with E-state index in [4.69, 9.17) is 4.74 Å². The molecule has 2 atom stereocenters. The van der Waals surface area contributed by atoms with E-state index in [9.17, 15) is 4.79 Å². The van der Waals surface area contributed by atoms with Crippen molar-refractivity contribution in [3.63, 3.8) is 0 Å². The van der Waals surface area contributed by atoms with E-state index in [1.54, 1.807) is 7.11 Å². The summed E-state index contributed by atoms with van der Waals surface area (Å²) in [6, 6.07) is 18.9. The number of methoxy groups -OCH3 is 1. The van der Waals surface area contributed by atoms with Crippen molar-refractivity contribution < 1.29 is 11.0 Å². The Balaban J connectivity index is 0.00000104. The first-order chi connectivity index (χ1) is 14.2. The molecule has 156 valence electrons. The summed E-state index contributed by atoms with van der Waals surface area (Å²) >= 11 is 0. The van der Waals surface area contributed by atoms with Crippen LogP contribution >= 0.6 is 0 Å². The summed E-state index contributed by atoms with van der Waals surface area (Å²) < 4.78 is 5.29. The molecule has 2 amide bonds. The number of rotatable bonds is 4. The van der Waals surface area contributed by atoms with Crippen LogP contribution in [0.5, 0.6) is 5.75 Å². The SMILES string of the molecule is CC.COc1cccc(C=C2CCN(C(=O)NC3CC3c3ccccc3)CC2)c1.[HH]. The summed E-state index contributed by atoms with van der Waals surface area (Å²) in [4.78, 5) is 14.5. The van der Waals surface area contributed by atoms with Gasteiger partial charge in [-0.1, -0.05) is 68.0 Å². The third-order valence-electron chi connectivity index (χ3n) is 5.48. The first-order valence-electron chi connectivity index (χ1n) is 10.7. The van der Waals surface area contributed by atoms with Gasteiger partial charge in [-0.2, -0.15) is 0 Å². The topological polar surface area (TPSA) is 41.6 Å². The highest BCUT2D eigenvalue weighted by Crippen LogP contribution is 2.40. The number of benzene rings is 2. The molecule has 2 aromatic carbocycles. The van der Waals surface area contributed by atoms with E-state index in [1.165, 1.54) is 11.1 Å². The fourth-order valence-electron chi connectivity index (χ4n) is 3.78. The van der Waals surface area contributed by atoms with Crippen molar-refractivity contribution in [1.82, 2.24) is 10.2 Å². The number of carbonyl (C=O) groups is 1. The van der Waals surface area contributed by atoms with E-state index in [-0.39, 0.29) is 13.5 Å². The van der Waals surface area contributed by atoms with E-state index in [0.717, 1.165) is 43.7 Å². The average Bonchev–Trinajstić information content (AvgIpc) is 3.55. The van der Waals surface area contributed by atoms with Crippen LogP contribution in [0.2, 0.25) is 0 Å². The van der Waals surface area contributed by atoms with Crippen molar-refractivity contribution in [2.75, 3.05) is 20.2 Å². The molecule has 2 aliphatic rings. The lowest BCUT2D eigenvalue weighted by atomic mass is 10.0. The minimum absolute atomic E-state index is 0. The Morgan fingerprint density at radius 3 is 2.52 bits per heavy atom. The van der Waals surface area contributed by atoms with Crippen LogP contribution in [-0.2, 0) is 0 Å². The minimum atomic E-state index is 0. The second kappa shape index (κ2) is 10.1. The zero-order valence-electron chi connectivity index (χ0n) is 17.7. The maximum absolute atomic E-state index is 12.6. The Morgan fingerprint density at radius 1 is 1.10 bits per heavy atom. The lowest BCUT2D eigenvalue weighted by molar-refractivity contribution is 0.193. The maximum Gasteiger partial charge on any atom is 0.317 e. The summed E-state index contributed by atoms with van der Waals surface area (Å²) in [5.41, 5.74) is 3.87. The van der Waals surface area contributed by atoms with Crippen molar-refractivity contribution >= 4 is 12.1 Å². The number of likely N-dealkylation sites (tertiary alicyclic amines) is 1. The lowest BCUT2D eigenvalue weighted by Crippen LogP contribution is -2.44. The van der Waals surface area contributed by atoms with Crippen LogP contribution in [0.25, 0.3) is 6.08 Å². The van der Waals surface area contributed by atoms with Crippen molar-refractivity contribution in [2.24, 2.45) is 0 Å². The second-order valence-electron chi connectivity index (χ2n) is 7.38. The number of nitrogens with zero attached hydrogens (tertiary/aromatic N) is 1. The number of carbonyl (C=O) groups excluding carboxylic acids is 1. The number of amides is 2. The molecule has 0 spiro atoms. The Morgan fingerprint density at radius 2 is 1.83 bits per heavy atom. The molecule has 1 heterocycles. The van der Waals surface area contributed by atoms with Crippen LogP contribution in [0.3, 0.4) is 0 Å². The number of piperidine rings is 1. The van der Waals surface area contributed by atoms with Gasteiger partial charge in [-0.25, -0.2) is 4.79 Å². The third-order valence-corrected chi connectivity index (χ3v) is 5.48. The van der Waals surface area contributed by atoms with Gasteiger partial charge in [0.1, 0.15) is 5.75 Å². The molecule has 0 bridgehead atoms. The molecule has 2 fully saturated rings. The van der Waals surface area contributed by atoms with E-state index in [1.807, 2.05) is 43.0 Å². The van der Waals surface area contributed by atoms with E-state index in [0.29, 0.717) is 5.92 Å². The molecule has 0 radical (unpaired) electrons. The maximum atomic E-state index is 12.6. The van der Waals surface area contributed by atoms with Gasteiger partial charge in [0.2, 0.25) is 0 Å². The van der Waals surface area contributed by atoms with Crippen molar-refractivity contribution in [2.45, 2.75) is 45.1 Å². The summed E-state index contributed by atoms with van der Waals surface area (Å²) in [6.45, 7) is 5.56. The minimum Gasteiger partial charge on any atom is -0.497 e. The zero-order chi connectivity index (χ0) is 20.6. The summed E-state index contributed by atoms with van der Waals surface area (Å²) in [7, 11) is 1.69. The molecule has 29 heavy (non-hydrogen) atoms. The van der Waals surface area contributed by atoms with Gasteiger partial charge >= 0.3 is 6.03 Å². The van der Waals surface area contributed by atoms with E-state index >= 15 is 0 Å². The first-order valence-corrected chi connectivity index (χ1v) is 10.7. The molecular formula is C25H34N2O2. The molecule has 1 N–H and O–H groups in total. The molecule has 4 nitrogen and oxygen atoms in total. The Labute approximate surface area is 176 Å². The molecular weight excluding hydrogens is 360 g/mol. The summed E-state index contributed by atoms with van der Waals surface area (Å²) in [5.74, 6) is 1.35. The Hall–Kier alpha value is -2.75. The molecule has 1 aliphatic carbocycles. The van der Waals surface area contributed by atoms with Gasteiger partial charge in [0.25, 0.3) is 0 Å². The largest absolute Gasteiger partial charge is 0.497 e. The molecule has 1 saturated heterocycles. The number of nitrogens with one attached hydrogen (secondary N) is 1. The zero-order valence-corrected chi connectivity index (χ0v) is 17.7. The van der Waals surface area contributed by atoms with Crippen LogP contribution in [0.4, 0.5) is 4.79 Å². The van der Waals surface area contributed by atoms with Crippen LogP contribution < -0.4 is 10.1 Å². The van der Waals surface area contributed by atoms with Crippen molar-refractivity contribution in [1.29, 1.82) is 0 Å². The normalized spacial score (nSPS) is 20.2. The lowest BCUT2D eigenvalue weighted by Gasteiger charge is -2.28. The fraction of sp³-hybridized carbons (Fsp3) is 0.400. The van der Waals surface area contributed by atoms with Gasteiger partial charge in [-0.05, 0) is 42.5 Å². The summed E-state index contributed by atoms with van der Waals surface area (Å²) in [5, 5.41) is 3.20. The van der Waals surface area contributed by atoms with Crippen molar-refractivity contribution in [3.05, 3.63) is 71.3 Å². The molecule has 1 saturated carbocycles. The molecule has 2 aromatic rings. The van der Waals surface area contributed by atoms with E-state index < -0.39 is 0 Å². The van der Waals surface area contributed by atoms with Gasteiger partial charge < -0.3 is 15.0 Å². The van der Waals surface area contributed by atoms with Gasteiger partial charge in [0, 0.05) is 26.5 Å². The van der Waals surface area contributed by atoms with Gasteiger partial charge in [0.05, 0.1) is 7.11 Å². The molecule has 0 aromatic heterocycles. The third kappa shape index (κ3) is 5.63. The van der Waals surface area contributed by atoms with E-state index in [2.05, 4.69) is 41.7 Å². The standard InChI is InChI=1S/C23H26N2O2.C2H6.H2/c1-27-20-9-5-6-18(15-20)14-17-10-12-25(13-11-17)23(26)24-22-16-21(22)19-7-3-2-4-8-19;1-2;/h2-9,14-15,21-22H,10-13,16H2,1H3,(H,24,26);1-2H3;1H. The molecule has 2 unspecified atom stereocenters. The van der Waals surface area contributed by atoms with Crippen LogP contribution in [-0.4, -0.2) is 37.2 Å². The van der Waals surface area contributed by atoms with Crippen LogP contribution in [0, 0.1) is 0 Å². The molecule has 1 aliphatic heterocycles. The monoisotopic (exact) mass is 394 g/mol. The molecule has 4 rings (SSSR count). The predicted molar refractivity (Wildman–Crippen MR) is 121 cm³/mol. The fourth-order valence-corrected chi connectivity index (χ4v) is 3.78. The number of hydrogen-bond donors (Lipinski definition) is 1. The number of urea groups is 1. The quantitative estimate of drug-likeness (QED) is 0.721. The van der Waals surface area contributed by atoms with Crippen molar-refractivity contribution in [3.8, 4) is 5.75 Å². The van der Waals surface area contributed by atoms with Crippen LogP contribution in [0.15, 0.2) is 60.2 Å². The number of hydrogen-bond acceptors (Lipinski definition) is 2. The highest BCUT2D eigenvalue weighted by atomic mass is 16.5. The average molecular weight is 395 g/mol. The smallest absolute Gasteiger partial charge is 0.317 e. The Bertz CT molecular complexity index is 828. The highest BCUT2D eigenvalue weighted by molar-refractivity contribution is 5.75. The molecule has 4 heteroatoms. The predicted octanol–water partition coefficient (Wildman–Crippen LogP) is 5.71. The highest BCUT2D eigenvalue weighted by Gasteiger charge is 2.40. The first kappa shape index (κ1) is 21.0. The summed E-state index contributed by atoms with van der Waals surface area (Å²) in [6.07, 6.45) is 5.13. The second-order valence-corrected chi connectivity index (χ2v) is 7.38. The van der Waals surface area contributed by atoms with Gasteiger partial charge in [-0.15, -0.1) is 0 Å². The number of ether oxygens (including phenoxy) is 1. The van der Waals surface area contributed by atoms with Gasteiger partial charge in [0.15, 0.2) is 0 Å².